The van der Waals surface area contributed by atoms with Crippen LogP contribution >= 0.6 is 11.6 Å². The second kappa shape index (κ2) is 5.55. The Morgan fingerprint density at radius 2 is 2.33 bits per heavy atom. The van der Waals surface area contributed by atoms with Crippen LogP contribution in [0.25, 0.3) is 0 Å². The van der Waals surface area contributed by atoms with Crippen LogP contribution in [-0.2, 0) is 6.42 Å². The summed E-state index contributed by atoms with van der Waals surface area (Å²) < 4.78 is 13.4. The fraction of sp³-hybridized carbons (Fsp3) is 0.571. The highest BCUT2D eigenvalue weighted by molar-refractivity contribution is 6.30. The first-order valence-corrected chi connectivity index (χ1v) is 6.80. The smallest absolute Gasteiger partial charge is 0.142 e. The van der Waals surface area contributed by atoms with E-state index in [1.807, 2.05) is 0 Å². The van der Waals surface area contributed by atoms with Crippen LogP contribution in [-0.4, -0.2) is 23.8 Å². The van der Waals surface area contributed by atoms with Crippen molar-refractivity contribution in [1.82, 2.24) is 5.32 Å². The number of aliphatic hydroxyl groups is 1. The summed E-state index contributed by atoms with van der Waals surface area (Å²) in [5.41, 5.74) is 0.0695. The average molecular weight is 272 g/mol. The van der Waals surface area contributed by atoms with Gasteiger partial charge in [-0.3, -0.25) is 0 Å². The largest absolute Gasteiger partial charge is 0.389 e. The van der Waals surface area contributed by atoms with E-state index in [4.69, 9.17) is 11.6 Å². The highest BCUT2D eigenvalue weighted by Crippen LogP contribution is 2.31. The van der Waals surface area contributed by atoms with Gasteiger partial charge >= 0.3 is 0 Å². The topological polar surface area (TPSA) is 32.3 Å². The fourth-order valence-electron chi connectivity index (χ4n) is 2.74. The number of nitrogens with one attached hydrogen (secondary N) is 1. The number of hydrogen-bond donors (Lipinski definition) is 2. The van der Waals surface area contributed by atoms with Crippen molar-refractivity contribution in [2.24, 2.45) is 5.92 Å². The summed E-state index contributed by atoms with van der Waals surface area (Å²) in [6.07, 6.45) is 2.11. The van der Waals surface area contributed by atoms with Gasteiger partial charge in [-0.15, -0.1) is 0 Å². The average Bonchev–Trinajstić information content (AvgIpc) is 2.34. The lowest BCUT2D eigenvalue weighted by Crippen LogP contribution is -2.51. The molecule has 1 heterocycles. The molecule has 1 aliphatic heterocycles. The molecule has 0 amide bonds. The molecule has 0 saturated carbocycles. The first-order valence-electron chi connectivity index (χ1n) is 6.42. The van der Waals surface area contributed by atoms with E-state index in [2.05, 4.69) is 12.2 Å². The van der Waals surface area contributed by atoms with Crippen molar-refractivity contribution in [2.75, 3.05) is 13.1 Å². The third kappa shape index (κ3) is 2.85. The van der Waals surface area contributed by atoms with Crippen LogP contribution in [0.5, 0.6) is 0 Å². The van der Waals surface area contributed by atoms with E-state index >= 15 is 0 Å². The number of piperidine rings is 1. The van der Waals surface area contributed by atoms with Crippen LogP contribution in [0, 0.1) is 11.7 Å². The Morgan fingerprint density at radius 3 is 3.00 bits per heavy atom. The van der Waals surface area contributed by atoms with Gasteiger partial charge in [0, 0.05) is 18.9 Å². The zero-order valence-electron chi connectivity index (χ0n) is 10.5. The van der Waals surface area contributed by atoms with Crippen molar-refractivity contribution in [3.8, 4) is 0 Å². The van der Waals surface area contributed by atoms with Crippen molar-refractivity contribution in [1.29, 1.82) is 0 Å². The van der Waals surface area contributed by atoms with Gasteiger partial charge < -0.3 is 10.4 Å². The van der Waals surface area contributed by atoms with Crippen LogP contribution in [0.3, 0.4) is 0 Å². The molecule has 100 valence electrons. The molecule has 1 aromatic rings. The highest BCUT2D eigenvalue weighted by atomic mass is 35.5. The maximum atomic E-state index is 13.4. The molecule has 2 atom stereocenters. The molecule has 1 aliphatic rings. The Labute approximate surface area is 112 Å². The van der Waals surface area contributed by atoms with E-state index in [-0.39, 0.29) is 10.9 Å². The Kier molecular flexibility index (Phi) is 4.25. The van der Waals surface area contributed by atoms with Gasteiger partial charge in [-0.1, -0.05) is 24.6 Å². The van der Waals surface area contributed by atoms with Crippen molar-refractivity contribution < 1.29 is 9.50 Å². The molecule has 4 heteroatoms. The van der Waals surface area contributed by atoms with Gasteiger partial charge in [0.2, 0.25) is 0 Å². The molecule has 2 unspecified atom stereocenters. The zero-order chi connectivity index (χ0) is 13.2. The number of halogens is 2. The summed E-state index contributed by atoms with van der Waals surface area (Å²) >= 11 is 5.67. The summed E-state index contributed by atoms with van der Waals surface area (Å²) in [6.45, 7) is 3.71. The minimum absolute atomic E-state index is 0.128. The molecule has 2 nitrogen and oxygen atoms in total. The van der Waals surface area contributed by atoms with E-state index in [0.717, 1.165) is 25.1 Å². The molecule has 1 aromatic carbocycles. The monoisotopic (exact) mass is 271 g/mol. The lowest BCUT2D eigenvalue weighted by molar-refractivity contribution is -0.0414. The standard InChI is InChI=1S/C14H19ClFNO/c1-2-11-9-17-6-5-14(11,18)8-10-3-4-12(15)13(16)7-10/h3-4,7,11,17-18H,2,5-6,8-9H2,1H3. The summed E-state index contributed by atoms with van der Waals surface area (Å²) in [6, 6.07) is 4.77. The molecule has 1 saturated heterocycles. The minimum Gasteiger partial charge on any atom is -0.389 e. The van der Waals surface area contributed by atoms with E-state index in [9.17, 15) is 9.50 Å². The van der Waals surface area contributed by atoms with Crippen LogP contribution in [0.1, 0.15) is 25.3 Å². The van der Waals surface area contributed by atoms with Crippen molar-refractivity contribution >= 4 is 11.6 Å². The molecule has 0 aromatic heterocycles. The molecule has 2 N–H and O–H groups in total. The van der Waals surface area contributed by atoms with Crippen LogP contribution in [0.15, 0.2) is 18.2 Å². The van der Waals surface area contributed by atoms with E-state index in [1.165, 1.54) is 6.07 Å². The second-order valence-corrected chi connectivity index (χ2v) is 5.50. The van der Waals surface area contributed by atoms with Crippen molar-refractivity contribution in [3.63, 3.8) is 0 Å². The van der Waals surface area contributed by atoms with Gasteiger partial charge in [0.1, 0.15) is 5.82 Å². The van der Waals surface area contributed by atoms with Crippen molar-refractivity contribution in [3.05, 3.63) is 34.6 Å². The zero-order valence-corrected chi connectivity index (χ0v) is 11.3. The lowest BCUT2D eigenvalue weighted by Gasteiger charge is -2.40. The first kappa shape index (κ1) is 13.8. The van der Waals surface area contributed by atoms with Gasteiger partial charge in [0.25, 0.3) is 0 Å². The van der Waals surface area contributed by atoms with Crippen LogP contribution in [0.4, 0.5) is 4.39 Å². The summed E-state index contributed by atoms with van der Waals surface area (Å²) in [5, 5.41) is 14.2. The quantitative estimate of drug-likeness (QED) is 0.886. The predicted molar refractivity (Wildman–Crippen MR) is 71.3 cm³/mol. The summed E-state index contributed by atoms with van der Waals surface area (Å²) in [5.74, 6) is -0.204. The lowest BCUT2D eigenvalue weighted by atomic mass is 9.76. The fourth-order valence-corrected chi connectivity index (χ4v) is 2.85. The third-order valence-electron chi connectivity index (χ3n) is 3.87. The van der Waals surface area contributed by atoms with Crippen LogP contribution in [0.2, 0.25) is 5.02 Å². The Bertz CT molecular complexity index is 426. The van der Waals surface area contributed by atoms with Crippen LogP contribution < -0.4 is 5.32 Å². The molecule has 1 fully saturated rings. The number of benzene rings is 1. The van der Waals surface area contributed by atoms with E-state index < -0.39 is 11.4 Å². The third-order valence-corrected chi connectivity index (χ3v) is 4.18. The van der Waals surface area contributed by atoms with Gasteiger partial charge in [0.15, 0.2) is 0 Å². The number of rotatable bonds is 3. The first-order chi connectivity index (χ1) is 8.55. The Balaban J connectivity index is 2.17. The molecule has 0 aliphatic carbocycles. The molecule has 18 heavy (non-hydrogen) atoms. The molecular formula is C14H19ClFNO. The summed E-state index contributed by atoms with van der Waals surface area (Å²) in [7, 11) is 0. The van der Waals surface area contributed by atoms with E-state index in [1.54, 1.807) is 12.1 Å². The van der Waals surface area contributed by atoms with Gasteiger partial charge in [-0.2, -0.15) is 0 Å². The summed E-state index contributed by atoms with van der Waals surface area (Å²) in [4.78, 5) is 0. The Morgan fingerprint density at radius 1 is 1.56 bits per heavy atom. The van der Waals surface area contributed by atoms with Crippen molar-refractivity contribution in [2.45, 2.75) is 31.8 Å². The molecule has 0 spiro atoms. The van der Waals surface area contributed by atoms with Gasteiger partial charge in [-0.25, -0.2) is 4.39 Å². The van der Waals surface area contributed by atoms with E-state index in [0.29, 0.717) is 12.8 Å². The molecule has 0 radical (unpaired) electrons. The SMILES string of the molecule is CCC1CNCCC1(O)Cc1ccc(Cl)c(F)c1. The number of hydrogen-bond acceptors (Lipinski definition) is 2. The van der Waals surface area contributed by atoms with Gasteiger partial charge in [-0.05, 0) is 37.1 Å². The predicted octanol–water partition coefficient (Wildman–Crippen LogP) is 2.77. The minimum atomic E-state index is -0.736. The maximum Gasteiger partial charge on any atom is 0.142 e. The highest BCUT2D eigenvalue weighted by Gasteiger charge is 2.37. The van der Waals surface area contributed by atoms with Gasteiger partial charge in [0.05, 0.1) is 10.6 Å². The normalized spacial score (nSPS) is 28.3. The maximum absolute atomic E-state index is 13.4. The molecule has 0 bridgehead atoms. The molecule has 2 rings (SSSR count). The molecular weight excluding hydrogens is 253 g/mol. The Hall–Kier alpha value is -0.640. The second-order valence-electron chi connectivity index (χ2n) is 5.09.